The Labute approximate surface area is 81.4 Å². The van der Waals surface area contributed by atoms with Crippen LogP contribution in [0.1, 0.15) is 26.2 Å². The van der Waals surface area contributed by atoms with E-state index in [1.165, 1.54) is 6.42 Å². The maximum absolute atomic E-state index is 11.8. The third-order valence-electron chi connectivity index (χ3n) is 3.43. The Morgan fingerprint density at radius 1 is 1.67 bits per heavy atom. The van der Waals surface area contributed by atoms with Gasteiger partial charge in [-0.25, -0.2) is 0 Å². The van der Waals surface area contributed by atoms with Crippen molar-refractivity contribution in [1.82, 2.24) is 0 Å². The lowest BCUT2D eigenvalue weighted by Gasteiger charge is -2.32. The average Bonchev–Trinajstić information content (AvgIpc) is 2.20. The van der Waals surface area contributed by atoms with Crippen LogP contribution in [0.5, 0.6) is 0 Å². The van der Waals surface area contributed by atoms with Gasteiger partial charge < -0.3 is 0 Å². The normalized spacial score (nSPS) is 46.8. The highest BCUT2D eigenvalue weighted by atomic mass is 79.9. The van der Waals surface area contributed by atoms with E-state index in [2.05, 4.69) is 29.4 Å². The van der Waals surface area contributed by atoms with Crippen LogP contribution in [0, 0.1) is 11.3 Å². The Kier molecular flexibility index (Phi) is 1.73. The summed E-state index contributed by atoms with van der Waals surface area (Å²) in [4.78, 5) is 12.1. The van der Waals surface area contributed by atoms with Crippen LogP contribution in [-0.4, -0.2) is 10.6 Å². The van der Waals surface area contributed by atoms with Crippen molar-refractivity contribution in [3.63, 3.8) is 0 Å². The largest absolute Gasteiger partial charge is 0.294 e. The van der Waals surface area contributed by atoms with Gasteiger partial charge in [-0.3, -0.25) is 4.79 Å². The second kappa shape index (κ2) is 2.44. The minimum Gasteiger partial charge on any atom is -0.294 e. The van der Waals surface area contributed by atoms with Crippen LogP contribution in [0.2, 0.25) is 0 Å². The van der Waals surface area contributed by atoms with Crippen molar-refractivity contribution in [3.05, 3.63) is 12.2 Å². The van der Waals surface area contributed by atoms with Crippen molar-refractivity contribution in [2.24, 2.45) is 11.3 Å². The molecule has 2 saturated carbocycles. The van der Waals surface area contributed by atoms with Crippen molar-refractivity contribution in [3.8, 4) is 0 Å². The van der Waals surface area contributed by atoms with Gasteiger partial charge in [0.2, 0.25) is 0 Å². The molecule has 2 fully saturated rings. The maximum atomic E-state index is 11.8. The first-order valence-electron chi connectivity index (χ1n) is 4.45. The number of carbonyl (C=O) groups excluding carboxylic acids is 1. The molecular formula is C10H13BrO. The van der Waals surface area contributed by atoms with Gasteiger partial charge in [-0.15, -0.1) is 0 Å². The number of Topliss-reactive ketones (excluding diaryl/α,β-unsaturated/α-hetero) is 1. The molecule has 0 aromatic carbocycles. The van der Waals surface area contributed by atoms with Gasteiger partial charge in [0.25, 0.3) is 0 Å². The Hall–Kier alpha value is -0.110. The zero-order valence-corrected chi connectivity index (χ0v) is 8.86. The number of allylic oxidation sites excluding steroid dienone is 1. The molecule has 66 valence electrons. The van der Waals surface area contributed by atoms with Crippen LogP contribution in [0.3, 0.4) is 0 Å². The Balaban J connectivity index is 2.46. The molecule has 0 heterocycles. The van der Waals surface area contributed by atoms with Gasteiger partial charge in [-0.2, -0.15) is 0 Å². The molecule has 0 amide bonds. The Bertz CT molecular complexity index is 259. The molecule has 12 heavy (non-hydrogen) atoms. The molecule has 2 aliphatic rings. The summed E-state index contributed by atoms with van der Waals surface area (Å²) in [7, 11) is 0. The summed E-state index contributed by atoms with van der Waals surface area (Å²) in [5.41, 5.74) is 0.719. The maximum Gasteiger partial charge on any atom is 0.165 e. The first kappa shape index (κ1) is 8.49. The van der Waals surface area contributed by atoms with E-state index in [0.717, 1.165) is 18.4 Å². The predicted molar refractivity (Wildman–Crippen MR) is 52.3 cm³/mol. The number of alkyl halides is 1. The van der Waals surface area contributed by atoms with Crippen molar-refractivity contribution < 1.29 is 4.79 Å². The summed E-state index contributed by atoms with van der Waals surface area (Å²) < 4.78 is 0. The summed E-state index contributed by atoms with van der Waals surface area (Å²) in [6.45, 7) is 5.96. The highest BCUT2D eigenvalue weighted by molar-refractivity contribution is 9.09. The molecule has 0 aliphatic heterocycles. The van der Waals surface area contributed by atoms with Crippen molar-refractivity contribution in [2.45, 2.75) is 31.0 Å². The lowest BCUT2D eigenvalue weighted by molar-refractivity contribution is -0.122. The fourth-order valence-electron chi connectivity index (χ4n) is 2.54. The summed E-state index contributed by atoms with van der Waals surface area (Å²) >= 11 is 3.64. The Morgan fingerprint density at radius 3 is 2.83 bits per heavy atom. The highest BCUT2D eigenvalue weighted by Crippen LogP contribution is 2.54. The quantitative estimate of drug-likeness (QED) is 0.461. The van der Waals surface area contributed by atoms with Crippen LogP contribution in [0.4, 0.5) is 0 Å². The van der Waals surface area contributed by atoms with Gasteiger partial charge in [0.15, 0.2) is 5.78 Å². The smallest absolute Gasteiger partial charge is 0.165 e. The molecule has 1 nitrogen and oxygen atoms in total. The summed E-state index contributed by atoms with van der Waals surface area (Å²) in [6.07, 6.45) is 3.33. The molecule has 0 N–H and O–H groups in total. The number of ketones is 1. The summed E-state index contributed by atoms with van der Waals surface area (Å²) in [5.74, 6) is 0.711. The number of carbonyl (C=O) groups is 1. The van der Waals surface area contributed by atoms with E-state index < -0.39 is 0 Å². The third-order valence-corrected chi connectivity index (χ3v) is 5.08. The molecule has 2 heteroatoms. The first-order valence-corrected chi connectivity index (χ1v) is 5.36. The number of halogens is 1. The predicted octanol–water partition coefficient (Wildman–Crippen LogP) is 2.70. The second-order valence-corrected chi connectivity index (χ2v) is 5.16. The summed E-state index contributed by atoms with van der Waals surface area (Å²) in [5, 5.41) is 0. The number of rotatable bonds is 0. The minimum atomic E-state index is -0.139. The van der Waals surface area contributed by atoms with Gasteiger partial charge in [0.1, 0.15) is 0 Å². The molecule has 2 bridgehead atoms. The van der Waals surface area contributed by atoms with Crippen LogP contribution >= 0.6 is 15.9 Å². The van der Waals surface area contributed by atoms with Crippen LogP contribution in [0.25, 0.3) is 0 Å². The number of hydrogen-bond donors (Lipinski definition) is 0. The topological polar surface area (TPSA) is 17.1 Å². The van der Waals surface area contributed by atoms with E-state index in [1.54, 1.807) is 0 Å². The molecule has 0 radical (unpaired) electrons. The average molecular weight is 229 g/mol. The molecule has 2 rings (SSSR count). The number of fused-ring (bicyclic) bond motifs is 2. The molecule has 0 spiro atoms. The van der Waals surface area contributed by atoms with Gasteiger partial charge in [0, 0.05) is 16.2 Å². The molecule has 3 atom stereocenters. The SMILES string of the molecule is C=C1C(=O)[C@]2(C)CCC[C@H]1[C@H]2Br. The molecule has 0 saturated heterocycles. The van der Waals surface area contributed by atoms with Gasteiger partial charge in [-0.05, 0) is 18.4 Å². The second-order valence-electron chi connectivity index (χ2n) is 4.17. The Morgan fingerprint density at radius 2 is 2.33 bits per heavy atom. The van der Waals surface area contributed by atoms with E-state index in [4.69, 9.17) is 0 Å². The molecule has 0 aromatic rings. The van der Waals surface area contributed by atoms with E-state index in [0.29, 0.717) is 16.5 Å². The van der Waals surface area contributed by atoms with E-state index in [9.17, 15) is 4.79 Å². The number of hydrogen-bond acceptors (Lipinski definition) is 1. The molecular weight excluding hydrogens is 216 g/mol. The van der Waals surface area contributed by atoms with E-state index in [-0.39, 0.29) is 5.41 Å². The van der Waals surface area contributed by atoms with Crippen molar-refractivity contribution in [2.75, 3.05) is 0 Å². The highest BCUT2D eigenvalue weighted by Gasteiger charge is 2.54. The zero-order valence-electron chi connectivity index (χ0n) is 7.27. The molecule has 0 aromatic heterocycles. The molecule has 2 aliphatic carbocycles. The minimum absolute atomic E-state index is 0.139. The van der Waals surface area contributed by atoms with Crippen molar-refractivity contribution >= 4 is 21.7 Å². The van der Waals surface area contributed by atoms with Gasteiger partial charge in [-0.1, -0.05) is 35.9 Å². The van der Waals surface area contributed by atoms with Crippen LogP contribution < -0.4 is 0 Å². The monoisotopic (exact) mass is 228 g/mol. The third kappa shape index (κ3) is 0.819. The first-order chi connectivity index (χ1) is 5.57. The van der Waals surface area contributed by atoms with E-state index in [1.807, 2.05) is 0 Å². The zero-order chi connectivity index (χ0) is 8.93. The van der Waals surface area contributed by atoms with E-state index >= 15 is 0 Å². The van der Waals surface area contributed by atoms with Gasteiger partial charge >= 0.3 is 0 Å². The van der Waals surface area contributed by atoms with Gasteiger partial charge in [0.05, 0.1) is 0 Å². The lowest BCUT2D eigenvalue weighted by Crippen LogP contribution is -2.33. The lowest BCUT2D eigenvalue weighted by atomic mass is 9.77. The van der Waals surface area contributed by atoms with Crippen LogP contribution in [0.15, 0.2) is 12.2 Å². The fraction of sp³-hybridized carbons (Fsp3) is 0.700. The summed E-state index contributed by atoms with van der Waals surface area (Å²) in [6, 6.07) is 0. The van der Waals surface area contributed by atoms with Crippen molar-refractivity contribution in [1.29, 1.82) is 0 Å². The molecule has 0 unspecified atom stereocenters. The fourth-order valence-corrected chi connectivity index (χ4v) is 3.56. The standard InChI is InChI=1S/C10H13BrO/c1-6-7-4-3-5-10(2,8(7)11)9(6)12/h7-8H,1,3-5H2,2H3/t7-,8-,10-/m1/s1. The van der Waals surface area contributed by atoms with Crippen LogP contribution in [-0.2, 0) is 4.79 Å².